The van der Waals surface area contributed by atoms with Crippen LogP contribution in [0.5, 0.6) is 0 Å². The van der Waals surface area contributed by atoms with Crippen LogP contribution in [0.2, 0.25) is 5.02 Å². The summed E-state index contributed by atoms with van der Waals surface area (Å²) in [6.45, 7) is 0.541. The molecule has 2 aromatic heterocycles. The zero-order valence-corrected chi connectivity index (χ0v) is 12.0. The first-order chi connectivity index (χ1) is 10.2. The summed E-state index contributed by atoms with van der Waals surface area (Å²) in [5.41, 5.74) is 2.33. The van der Waals surface area contributed by atoms with E-state index >= 15 is 0 Å². The predicted octanol–water partition coefficient (Wildman–Crippen LogP) is 3.19. The monoisotopic (exact) mass is 299 g/mol. The SMILES string of the molecule is O=C(NCCc1ccccn1)c1cc2c(Cl)cccc2[nH]1. The summed E-state index contributed by atoms with van der Waals surface area (Å²) in [5.74, 6) is -0.141. The van der Waals surface area contributed by atoms with Gasteiger partial charge in [-0.3, -0.25) is 9.78 Å². The number of pyridine rings is 1. The Hall–Kier alpha value is -2.33. The molecule has 4 nitrogen and oxygen atoms in total. The molecule has 0 aliphatic carbocycles. The van der Waals surface area contributed by atoms with Crippen LogP contribution in [0, 0.1) is 0 Å². The normalized spacial score (nSPS) is 10.7. The summed E-state index contributed by atoms with van der Waals surface area (Å²) >= 11 is 6.10. The molecule has 106 valence electrons. The first-order valence-electron chi connectivity index (χ1n) is 6.69. The largest absolute Gasteiger partial charge is 0.350 e. The van der Waals surface area contributed by atoms with Crippen LogP contribution in [-0.2, 0) is 6.42 Å². The van der Waals surface area contributed by atoms with Crippen LogP contribution in [-0.4, -0.2) is 22.4 Å². The van der Waals surface area contributed by atoms with Crippen molar-refractivity contribution in [3.8, 4) is 0 Å². The lowest BCUT2D eigenvalue weighted by molar-refractivity contribution is 0.0950. The topological polar surface area (TPSA) is 57.8 Å². The molecule has 0 bridgehead atoms. The van der Waals surface area contributed by atoms with Crippen LogP contribution in [0.3, 0.4) is 0 Å². The Morgan fingerprint density at radius 2 is 2.14 bits per heavy atom. The second-order valence-electron chi connectivity index (χ2n) is 4.71. The summed E-state index contributed by atoms with van der Waals surface area (Å²) in [6.07, 6.45) is 2.45. The molecule has 1 amide bonds. The maximum atomic E-state index is 12.1. The number of H-pyrrole nitrogens is 1. The smallest absolute Gasteiger partial charge is 0.267 e. The van der Waals surface area contributed by atoms with Gasteiger partial charge >= 0.3 is 0 Å². The third-order valence-corrected chi connectivity index (χ3v) is 3.58. The fourth-order valence-electron chi connectivity index (χ4n) is 2.19. The number of aromatic amines is 1. The van der Waals surface area contributed by atoms with Crippen LogP contribution in [0.1, 0.15) is 16.2 Å². The van der Waals surface area contributed by atoms with Crippen molar-refractivity contribution in [2.24, 2.45) is 0 Å². The molecule has 5 heteroatoms. The fourth-order valence-corrected chi connectivity index (χ4v) is 2.41. The number of halogens is 1. The van der Waals surface area contributed by atoms with Gasteiger partial charge in [-0.15, -0.1) is 0 Å². The average Bonchev–Trinajstić information content (AvgIpc) is 2.94. The highest BCUT2D eigenvalue weighted by Crippen LogP contribution is 2.23. The van der Waals surface area contributed by atoms with E-state index in [-0.39, 0.29) is 5.91 Å². The molecule has 0 saturated carbocycles. The van der Waals surface area contributed by atoms with Gasteiger partial charge in [0.25, 0.3) is 5.91 Å². The molecule has 0 saturated heterocycles. The summed E-state index contributed by atoms with van der Waals surface area (Å²) in [5, 5.41) is 4.37. The summed E-state index contributed by atoms with van der Waals surface area (Å²) in [7, 11) is 0. The quantitative estimate of drug-likeness (QED) is 0.777. The molecule has 0 aliphatic rings. The van der Waals surface area contributed by atoms with Gasteiger partial charge in [0, 0.05) is 40.8 Å². The van der Waals surface area contributed by atoms with E-state index in [2.05, 4.69) is 15.3 Å². The van der Waals surface area contributed by atoms with E-state index in [1.165, 1.54) is 0 Å². The molecule has 0 atom stereocenters. The number of nitrogens with zero attached hydrogens (tertiary/aromatic N) is 1. The Bertz CT molecular complexity index is 768. The van der Waals surface area contributed by atoms with Gasteiger partial charge in [0.05, 0.1) is 0 Å². The third-order valence-electron chi connectivity index (χ3n) is 3.25. The van der Waals surface area contributed by atoms with Gasteiger partial charge in [0.1, 0.15) is 5.69 Å². The Balaban J connectivity index is 1.65. The van der Waals surface area contributed by atoms with Crippen molar-refractivity contribution < 1.29 is 4.79 Å². The standard InChI is InChI=1S/C16H14ClN3O/c17-13-5-3-6-14-12(13)10-15(20-14)16(21)19-9-7-11-4-1-2-8-18-11/h1-6,8,10,20H,7,9H2,(H,19,21). The average molecular weight is 300 g/mol. The van der Waals surface area contributed by atoms with Gasteiger partial charge in [-0.05, 0) is 30.3 Å². The molecule has 0 fully saturated rings. The molecular weight excluding hydrogens is 286 g/mol. The van der Waals surface area contributed by atoms with E-state index in [1.807, 2.05) is 30.3 Å². The zero-order valence-electron chi connectivity index (χ0n) is 11.3. The number of rotatable bonds is 4. The Morgan fingerprint density at radius 3 is 2.90 bits per heavy atom. The number of carbonyl (C=O) groups excluding carboxylic acids is 1. The third kappa shape index (κ3) is 3.06. The number of benzene rings is 1. The molecular formula is C16H14ClN3O. The molecule has 2 N–H and O–H groups in total. The number of carbonyl (C=O) groups is 1. The van der Waals surface area contributed by atoms with E-state index in [1.54, 1.807) is 18.3 Å². The fraction of sp³-hybridized carbons (Fsp3) is 0.125. The minimum Gasteiger partial charge on any atom is -0.350 e. The molecule has 0 unspecified atom stereocenters. The Morgan fingerprint density at radius 1 is 1.24 bits per heavy atom. The number of hydrogen-bond acceptors (Lipinski definition) is 2. The summed E-state index contributed by atoms with van der Waals surface area (Å²) < 4.78 is 0. The van der Waals surface area contributed by atoms with Crippen LogP contribution in [0.15, 0.2) is 48.7 Å². The van der Waals surface area contributed by atoms with Gasteiger partial charge < -0.3 is 10.3 Å². The van der Waals surface area contributed by atoms with Gasteiger partial charge in [-0.25, -0.2) is 0 Å². The highest BCUT2D eigenvalue weighted by Gasteiger charge is 2.10. The van der Waals surface area contributed by atoms with Crippen molar-refractivity contribution in [3.05, 3.63) is 65.1 Å². The molecule has 0 radical (unpaired) electrons. The van der Waals surface area contributed by atoms with Gasteiger partial charge in [0.2, 0.25) is 0 Å². The number of amides is 1. The minimum absolute atomic E-state index is 0.141. The Kier molecular flexibility index (Phi) is 3.88. The van der Waals surface area contributed by atoms with Crippen LogP contribution in [0.4, 0.5) is 0 Å². The van der Waals surface area contributed by atoms with Crippen molar-refractivity contribution in [2.45, 2.75) is 6.42 Å². The maximum Gasteiger partial charge on any atom is 0.267 e. The van der Waals surface area contributed by atoms with Gasteiger partial charge in [0.15, 0.2) is 0 Å². The van der Waals surface area contributed by atoms with Crippen molar-refractivity contribution in [3.63, 3.8) is 0 Å². The molecule has 1 aromatic carbocycles. The molecule has 2 heterocycles. The highest BCUT2D eigenvalue weighted by molar-refractivity contribution is 6.35. The van der Waals surface area contributed by atoms with E-state index in [0.717, 1.165) is 16.6 Å². The van der Waals surface area contributed by atoms with Gasteiger partial charge in [-0.1, -0.05) is 23.7 Å². The minimum atomic E-state index is -0.141. The lowest BCUT2D eigenvalue weighted by Crippen LogP contribution is -2.26. The van der Waals surface area contributed by atoms with Crippen LogP contribution >= 0.6 is 11.6 Å². The molecule has 3 aromatic rings. The lowest BCUT2D eigenvalue weighted by atomic mass is 10.2. The molecule has 0 spiro atoms. The van der Waals surface area contributed by atoms with E-state index < -0.39 is 0 Å². The number of nitrogens with one attached hydrogen (secondary N) is 2. The van der Waals surface area contributed by atoms with Crippen molar-refractivity contribution in [2.75, 3.05) is 6.54 Å². The molecule has 3 rings (SSSR count). The number of hydrogen-bond donors (Lipinski definition) is 2. The van der Waals surface area contributed by atoms with E-state index in [4.69, 9.17) is 11.6 Å². The highest BCUT2D eigenvalue weighted by atomic mass is 35.5. The maximum absolute atomic E-state index is 12.1. The summed E-state index contributed by atoms with van der Waals surface area (Å²) in [4.78, 5) is 19.4. The van der Waals surface area contributed by atoms with Crippen molar-refractivity contribution in [1.29, 1.82) is 0 Å². The van der Waals surface area contributed by atoms with Crippen molar-refractivity contribution in [1.82, 2.24) is 15.3 Å². The predicted molar refractivity (Wildman–Crippen MR) is 83.6 cm³/mol. The molecule has 21 heavy (non-hydrogen) atoms. The zero-order chi connectivity index (χ0) is 14.7. The number of fused-ring (bicyclic) bond motifs is 1. The Labute approximate surface area is 127 Å². The first-order valence-corrected chi connectivity index (χ1v) is 7.07. The second kappa shape index (κ2) is 5.97. The molecule has 0 aliphatic heterocycles. The summed E-state index contributed by atoms with van der Waals surface area (Å²) in [6, 6.07) is 13.1. The van der Waals surface area contributed by atoms with Crippen LogP contribution in [0.25, 0.3) is 10.9 Å². The van der Waals surface area contributed by atoms with Gasteiger partial charge in [-0.2, -0.15) is 0 Å². The lowest BCUT2D eigenvalue weighted by Gasteiger charge is -2.03. The van der Waals surface area contributed by atoms with Crippen molar-refractivity contribution >= 4 is 28.4 Å². The van der Waals surface area contributed by atoms with E-state index in [9.17, 15) is 4.79 Å². The van der Waals surface area contributed by atoms with E-state index in [0.29, 0.717) is 23.7 Å². The second-order valence-corrected chi connectivity index (χ2v) is 5.12. The van der Waals surface area contributed by atoms with Crippen LogP contribution < -0.4 is 5.32 Å². The first kappa shape index (κ1) is 13.6. The number of aromatic nitrogens is 2.